The Bertz CT molecular complexity index is 1250. The van der Waals surface area contributed by atoms with Gasteiger partial charge in [-0.1, -0.05) is 79.7 Å². The number of benzene rings is 3. The van der Waals surface area contributed by atoms with E-state index >= 15 is 0 Å². The fraction of sp³-hybridized carbons (Fsp3) is 0.323. The van der Waals surface area contributed by atoms with Crippen molar-refractivity contribution in [3.8, 4) is 17.1 Å². The van der Waals surface area contributed by atoms with Gasteiger partial charge in [-0.2, -0.15) is 4.98 Å². The van der Waals surface area contributed by atoms with Gasteiger partial charge in [-0.25, -0.2) is 0 Å². The van der Waals surface area contributed by atoms with Crippen LogP contribution in [-0.4, -0.2) is 40.5 Å². The van der Waals surface area contributed by atoms with Gasteiger partial charge in [0.25, 0.3) is 0 Å². The van der Waals surface area contributed by atoms with Gasteiger partial charge in [-0.15, -0.1) is 0 Å². The van der Waals surface area contributed by atoms with Gasteiger partial charge in [0, 0.05) is 11.0 Å². The second-order valence-corrected chi connectivity index (χ2v) is 10.1. The van der Waals surface area contributed by atoms with Gasteiger partial charge >= 0.3 is 0 Å². The van der Waals surface area contributed by atoms with Gasteiger partial charge in [0.1, 0.15) is 12.0 Å². The van der Waals surface area contributed by atoms with Crippen LogP contribution in [0.1, 0.15) is 43.7 Å². The fourth-order valence-corrected chi connectivity index (χ4v) is 5.38. The van der Waals surface area contributed by atoms with E-state index in [4.69, 9.17) is 9.26 Å². The molecule has 1 unspecified atom stereocenters. The molecular formula is C31H33N3O3. The molecule has 4 aromatic rings. The van der Waals surface area contributed by atoms with Crippen LogP contribution >= 0.6 is 0 Å². The molecule has 0 saturated carbocycles. The monoisotopic (exact) mass is 495 g/mol. The number of aldehydes is 1. The van der Waals surface area contributed by atoms with E-state index in [0.717, 1.165) is 48.1 Å². The molecule has 1 aliphatic rings. The molecule has 6 heteroatoms. The molecule has 0 bridgehead atoms. The standard InChI is InChI=1S/C31H33N3O3/c1-23(2)22-36-27-16-14-24(15-17-27)30-32-29(37-33-30)20-34-19-9-18-31(28(34)21-35,25-10-5-3-6-11-25)26-12-7-4-8-13-26/h3-8,10-17,21,23,28H,9,18-20,22H2,1-2H3. The number of rotatable bonds is 9. The van der Waals surface area contributed by atoms with Crippen LogP contribution in [0.25, 0.3) is 11.4 Å². The maximum Gasteiger partial charge on any atom is 0.241 e. The Morgan fingerprint density at radius 2 is 1.65 bits per heavy atom. The lowest BCUT2D eigenvalue weighted by Crippen LogP contribution is -2.56. The predicted molar refractivity (Wildman–Crippen MR) is 143 cm³/mol. The molecule has 1 fully saturated rings. The van der Waals surface area contributed by atoms with E-state index in [1.165, 1.54) is 0 Å². The third kappa shape index (κ3) is 5.20. The number of carbonyl (C=O) groups is 1. The van der Waals surface area contributed by atoms with Crippen molar-refractivity contribution in [2.75, 3.05) is 13.2 Å². The van der Waals surface area contributed by atoms with Crippen molar-refractivity contribution >= 4 is 6.29 Å². The lowest BCUT2D eigenvalue weighted by Gasteiger charge is -2.48. The van der Waals surface area contributed by atoms with E-state index in [1.54, 1.807) is 0 Å². The quantitative estimate of drug-likeness (QED) is 0.269. The fourth-order valence-electron chi connectivity index (χ4n) is 5.38. The van der Waals surface area contributed by atoms with Crippen molar-refractivity contribution in [1.82, 2.24) is 15.0 Å². The van der Waals surface area contributed by atoms with E-state index in [9.17, 15) is 4.79 Å². The first kappa shape index (κ1) is 24.9. The SMILES string of the molecule is CC(C)COc1ccc(-c2noc(CN3CCCC(c4ccccc4)(c4ccccc4)C3C=O)n2)cc1. The van der Waals surface area contributed by atoms with Gasteiger partial charge in [-0.3, -0.25) is 4.90 Å². The van der Waals surface area contributed by atoms with Crippen LogP contribution in [0.3, 0.4) is 0 Å². The Hall–Kier alpha value is -3.77. The molecule has 190 valence electrons. The minimum Gasteiger partial charge on any atom is -0.493 e. The Labute approximate surface area is 218 Å². The number of likely N-dealkylation sites (tertiary alicyclic amines) is 1. The molecule has 37 heavy (non-hydrogen) atoms. The lowest BCUT2D eigenvalue weighted by atomic mass is 9.64. The Balaban J connectivity index is 1.40. The first-order chi connectivity index (χ1) is 18.1. The zero-order valence-corrected chi connectivity index (χ0v) is 21.4. The van der Waals surface area contributed by atoms with E-state index < -0.39 is 5.41 Å². The zero-order valence-electron chi connectivity index (χ0n) is 21.4. The summed E-state index contributed by atoms with van der Waals surface area (Å²) < 4.78 is 11.4. The van der Waals surface area contributed by atoms with Crippen LogP contribution in [0.2, 0.25) is 0 Å². The van der Waals surface area contributed by atoms with Crippen LogP contribution in [0.5, 0.6) is 5.75 Å². The maximum atomic E-state index is 12.8. The highest BCUT2D eigenvalue weighted by Crippen LogP contribution is 2.44. The summed E-state index contributed by atoms with van der Waals surface area (Å²) in [6.45, 7) is 6.11. The normalized spacial score (nSPS) is 17.5. The molecule has 0 spiro atoms. The van der Waals surface area contributed by atoms with Crippen LogP contribution in [0.4, 0.5) is 0 Å². The van der Waals surface area contributed by atoms with Gasteiger partial charge in [0.15, 0.2) is 0 Å². The van der Waals surface area contributed by atoms with Crippen LogP contribution in [0, 0.1) is 5.92 Å². The van der Waals surface area contributed by atoms with Crippen LogP contribution < -0.4 is 4.74 Å². The van der Waals surface area contributed by atoms with E-state index in [1.807, 2.05) is 60.7 Å². The third-order valence-corrected chi connectivity index (χ3v) is 7.12. The molecule has 3 aromatic carbocycles. The third-order valence-electron chi connectivity index (χ3n) is 7.12. The lowest BCUT2D eigenvalue weighted by molar-refractivity contribution is -0.116. The van der Waals surface area contributed by atoms with Gasteiger partial charge in [0.05, 0.1) is 19.2 Å². The molecule has 6 nitrogen and oxygen atoms in total. The summed E-state index contributed by atoms with van der Waals surface area (Å²) in [6.07, 6.45) is 2.93. The predicted octanol–water partition coefficient (Wildman–Crippen LogP) is 5.92. The minimum atomic E-state index is -0.447. The summed E-state index contributed by atoms with van der Waals surface area (Å²) in [4.78, 5) is 19.6. The molecule has 5 rings (SSSR count). The van der Waals surface area contributed by atoms with Gasteiger partial charge in [-0.05, 0) is 60.7 Å². The topological polar surface area (TPSA) is 68.5 Å². The largest absolute Gasteiger partial charge is 0.493 e. The van der Waals surface area contributed by atoms with Crippen LogP contribution in [0.15, 0.2) is 89.5 Å². The number of aromatic nitrogens is 2. The Morgan fingerprint density at radius 1 is 1.00 bits per heavy atom. The minimum absolute atomic E-state index is 0.362. The van der Waals surface area contributed by atoms with Gasteiger partial charge < -0.3 is 14.1 Å². The summed E-state index contributed by atoms with van der Waals surface area (Å²) in [5, 5.41) is 4.22. The molecule has 1 saturated heterocycles. The Kier molecular flexibility index (Phi) is 7.47. The molecule has 1 aromatic heterocycles. The van der Waals surface area contributed by atoms with Crippen molar-refractivity contribution in [2.45, 2.75) is 44.7 Å². The van der Waals surface area contributed by atoms with Gasteiger partial charge in [0.2, 0.25) is 11.7 Å². The second kappa shape index (κ2) is 11.1. The smallest absolute Gasteiger partial charge is 0.241 e. The van der Waals surface area contributed by atoms with E-state index in [0.29, 0.717) is 30.8 Å². The zero-order chi connectivity index (χ0) is 25.7. The molecule has 0 aliphatic carbocycles. The first-order valence-electron chi connectivity index (χ1n) is 13.0. The highest BCUT2D eigenvalue weighted by atomic mass is 16.5. The number of hydrogen-bond donors (Lipinski definition) is 0. The number of nitrogens with zero attached hydrogens (tertiary/aromatic N) is 3. The molecule has 0 amide bonds. The summed E-state index contributed by atoms with van der Waals surface area (Å²) in [5.74, 6) is 2.31. The van der Waals surface area contributed by atoms with Crippen molar-refractivity contribution in [3.63, 3.8) is 0 Å². The number of hydrogen-bond acceptors (Lipinski definition) is 6. The molecule has 0 N–H and O–H groups in total. The van der Waals surface area contributed by atoms with E-state index in [-0.39, 0.29) is 6.04 Å². The molecule has 2 heterocycles. The summed E-state index contributed by atoms with van der Waals surface area (Å²) in [5.41, 5.74) is 2.71. The average Bonchev–Trinajstić information content (AvgIpc) is 3.41. The van der Waals surface area contributed by atoms with Crippen molar-refractivity contribution in [2.24, 2.45) is 5.92 Å². The number of ether oxygens (including phenoxy) is 1. The highest BCUT2D eigenvalue weighted by Gasteiger charge is 2.47. The average molecular weight is 496 g/mol. The van der Waals surface area contributed by atoms with Crippen LogP contribution in [-0.2, 0) is 16.8 Å². The molecule has 0 radical (unpaired) electrons. The maximum absolute atomic E-state index is 12.8. The Morgan fingerprint density at radius 3 is 2.24 bits per heavy atom. The van der Waals surface area contributed by atoms with Crippen molar-refractivity contribution < 1.29 is 14.1 Å². The number of carbonyl (C=O) groups excluding carboxylic acids is 1. The second-order valence-electron chi connectivity index (χ2n) is 10.1. The first-order valence-corrected chi connectivity index (χ1v) is 13.0. The molecular weight excluding hydrogens is 462 g/mol. The van der Waals surface area contributed by atoms with E-state index in [2.05, 4.69) is 53.2 Å². The molecule has 1 atom stereocenters. The van der Waals surface area contributed by atoms with Crippen molar-refractivity contribution in [1.29, 1.82) is 0 Å². The highest BCUT2D eigenvalue weighted by molar-refractivity contribution is 5.66. The summed E-state index contributed by atoms with van der Waals surface area (Å²) >= 11 is 0. The summed E-state index contributed by atoms with van der Waals surface area (Å²) in [7, 11) is 0. The van der Waals surface area contributed by atoms with Crippen molar-refractivity contribution in [3.05, 3.63) is 102 Å². The number of piperidine rings is 1. The summed E-state index contributed by atoms with van der Waals surface area (Å²) in [6, 6.07) is 28.1. The molecule has 1 aliphatic heterocycles.